The van der Waals surface area contributed by atoms with Gasteiger partial charge in [0.1, 0.15) is 5.69 Å². The fourth-order valence-corrected chi connectivity index (χ4v) is 2.55. The van der Waals surface area contributed by atoms with Crippen LogP contribution in [0.1, 0.15) is 29.9 Å². The van der Waals surface area contributed by atoms with Gasteiger partial charge in [-0.15, -0.1) is 5.10 Å². The molecule has 18 heavy (non-hydrogen) atoms. The van der Waals surface area contributed by atoms with E-state index in [4.69, 9.17) is 0 Å². The van der Waals surface area contributed by atoms with Crippen molar-refractivity contribution in [3.05, 3.63) is 39.6 Å². The van der Waals surface area contributed by atoms with Gasteiger partial charge in [0.15, 0.2) is 0 Å². The molecule has 1 aromatic carbocycles. The molecule has 1 heterocycles. The van der Waals surface area contributed by atoms with Gasteiger partial charge in [0.05, 0.1) is 17.4 Å². The first-order valence-corrected chi connectivity index (χ1v) is 6.70. The smallest absolute Gasteiger partial charge is 0.103 e. The maximum absolute atomic E-state index is 4.26. The van der Waals surface area contributed by atoms with Crippen LogP contribution in [-0.2, 0) is 0 Å². The molecule has 0 radical (unpaired) electrons. The molecule has 0 bridgehead atoms. The molecule has 1 atom stereocenters. The Kier molecular flexibility index (Phi) is 3.82. The second-order valence-corrected chi connectivity index (χ2v) is 5.29. The van der Waals surface area contributed by atoms with Gasteiger partial charge < -0.3 is 5.32 Å². The van der Waals surface area contributed by atoms with Gasteiger partial charge in [0.2, 0.25) is 0 Å². The Bertz CT molecular complexity index is 562. The highest BCUT2D eigenvalue weighted by Gasteiger charge is 2.16. The summed E-state index contributed by atoms with van der Waals surface area (Å²) >= 11 is 3.58. The monoisotopic (exact) mass is 308 g/mol. The largest absolute Gasteiger partial charge is 0.312 e. The zero-order chi connectivity index (χ0) is 13.3. The van der Waals surface area contributed by atoms with E-state index in [2.05, 4.69) is 63.6 Å². The molecule has 0 saturated heterocycles. The summed E-state index contributed by atoms with van der Waals surface area (Å²) in [4.78, 5) is 0. The number of nitrogens with one attached hydrogen (secondary N) is 1. The number of halogens is 1. The normalized spacial score (nSPS) is 12.7. The maximum atomic E-state index is 4.26. The van der Waals surface area contributed by atoms with E-state index in [0.717, 1.165) is 21.5 Å². The second-order valence-electron chi connectivity index (χ2n) is 4.44. The first-order valence-electron chi connectivity index (χ1n) is 5.90. The van der Waals surface area contributed by atoms with Gasteiger partial charge in [-0.25, -0.2) is 4.68 Å². The molecule has 4 nitrogen and oxygen atoms in total. The minimum atomic E-state index is 0.197. The first-order chi connectivity index (χ1) is 8.54. The van der Waals surface area contributed by atoms with Gasteiger partial charge in [-0.2, -0.15) is 0 Å². The van der Waals surface area contributed by atoms with Crippen LogP contribution in [0.15, 0.2) is 22.7 Å². The molecule has 2 aromatic rings. The van der Waals surface area contributed by atoms with Crippen LogP contribution in [0.3, 0.4) is 0 Å². The molecule has 1 unspecified atom stereocenters. The quantitative estimate of drug-likeness (QED) is 0.948. The molecule has 96 valence electrons. The standard InChI is InChI=1S/C13H17BrN4/c1-8-5-6-12(11(14)7-8)18-10(3)13(16-17-18)9(2)15-4/h5-7,9,15H,1-4H3. The number of rotatable bonds is 3. The summed E-state index contributed by atoms with van der Waals surface area (Å²) in [6, 6.07) is 6.40. The Balaban J connectivity index is 2.49. The third-order valence-electron chi connectivity index (χ3n) is 3.10. The molecule has 0 amide bonds. The van der Waals surface area contributed by atoms with Crippen LogP contribution < -0.4 is 5.32 Å². The third-order valence-corrected chi connectivity index (χ3v) is 3.74. The summed E-state index contributed by atoms with van der Waals surface area (Å²) in [5.74, 6) is 0. The van der Waals surface area contributed by atoms with Crippen molar-refractivity contribution in [2.75, 3.05) is 7.05 Å². The van der Waals surface area contributed by atoms with Crippen molar-refractivity contribution in [1.29, 1.82) is 0 Å². The van der Waals surface area contributed by atoms with Crippen LogP contribution >= 0.6 is 15.9 Å². The Labute approximate surface area is 116 Å². The fraction of sp³-hybridized carbons (Fsp3) is 0.385. The Morgan fingerprint density at radius 1 is 1.33 bits per heavy atom. The molecule has 2 rings (SSSR count). The molecular formula is C13H17BrN4. The van der Waals surface area contributed by atoms with Gasteiger partial charge in [-0.1, -0.05) is 11.3 Å². The van der Waals surface area contributed by atoms with Gasteiger partial charge in [-0.3, -0.25) is 0 Å². The molecule has 5 heteroatoms. The van der Waals surface area contributed by atoms with Crippen molar-refractivity contribution in [1.82, 2.24) is 20.3 Å². The molecule has 1 N–H and O–H groups in total. The summed E-state index contributed by atoms with van der Waals surface area (Å²) in [7, 11) is 1.92. The van der Waals surface area contributed by atoms with Crippen molar-refractivity contribution in [3.8, 4) is 5.69 Å². The van der Waals surface area contributed by atoms with Crippen molar-refractivity contribution in [2.24, 2.45) is 0 Å². The number of aryl methyl sites for hydroxylation is 1. The third kappa shape index (κ3) is 2.33. The summed E-state index contributed by atoms with van der Waals surface area (Å²) < 4.78 is 2.89. The summed E-state index contributed by atoms with van der Waals surface area (Å²) in [5.41, 5.74) is 4.26. The van der Waals surface area contributed by atoms with Crippen molar-refractivity contribution >= 4 is 15.9 Å². The summed E-state index contributed by atoms with van der Waals surface area (Å²) in [6.07, 6.45) is 0. The number of aromatic nitrogens is 3. The lowest BCUT2D eigenvalue weighted by Gasteiger charge is -2.09. The lowest BCUT2D eigenvalue weighted by Crippen LogP contribution is -2.14. The van der Waals surface area contributed by atoms with Crippen molar-refractivity contribution < 1.29 is 0 Å². The van der Waals surface area contributed by atoms with Crippen molar-refractivity contribution in [2.45, 2.75) is 26.8 Å². The molecule has 0 saturated carbocycles. The minimum Gasteiger partial charge on any atom is -0.312 e. The van der Waals surface area contributed by atoms with E-state index >= 15 is 0 Å². The first kappa shape index (κ1) is 13.2. The minimum absolute atomic E-state index is 0.197. The highest BCUT2D eigenvalue weighted by Crippen LogP contribution is 2.24. The van der Waals surface area contributed by atoms with Crippen molar-refractivity contribution in [3.63, 3.8) is 0 Å². The molecule has 1 aromatic heterocycles. The molecular weight excluding hydrogens is 292 g/mol. The highest BCUT2D eigenvalue weighted by atomic mass is 79.9. The van der Waals surface area contributed by atoms with E-state index in [1.165, 1.54) is 5.56 Å². The van der Waals surface area contributed by atoms with Crippen LogP contribution in [0, 0.1) is 13.8 Å². The highest BCUT2D eigenvalue weighted by molar-refractivity contribution is 9.10. The molecule has 0 aliphatic heterocycles. The van der Waals surface area contributed by atoms with Crippen LogP contribution in [0.25, 0.3) is 5.69 Å². The van der Waals surface area contributed by atoms with Crippen LogP contribution in [0.2, 0.25) is 0 Å². The van der Waals surface area contributed by atoms with Gasteiger partial charge in [0, 0.05) is 4.47 Å². The predicted molar refractivity (Wildman–Crippen MR) is 76.0 cm³/mol. The lowest BCUT2D eigenvalue weighted by molar-refractivity contribution is 0.627. The fourth-order valence-electron chi connectivity index (χ4n) is 1.89. The van der Waals surface area contributed by atoms with E-state index in [1.807, 2.05) is 18.7 Å². The van der Waals surface area contributed by atoms with E-state index in [9.17, 15) is 0 Å². The van der Waals surface area contributed by atoms with E-state index < -0.39 is 0 Å². The maximum Gasteiger partial charge on any atom is 0.103 e. The van der Waals surface area contributed by atoms with Crippen LogP contribution in [0.4, 0.5) is 0 Å². The topological polar surface area (TPSA) is 42.7 Å². The second kappa shape index (κ2) is 5.20. The lowest BCUT2D eigenvalue weighted by atomic mass is 10.2. The average molecular weight is 309 g/mol. The number of hydrogen-bond donors (Lipinski definition) is 1. The summed E-state index contributed by atoms with van der Waals surface area (Å²) in [6.45, 7) is 6.18. The molecule has 0 aliphatic carbocycles. The molecule has 0 spiro atoms. The zero-order valence-electron chi connectivity index (χ0n) is 11.0. The van der Waals surface area contributed by atoms with Gasteiger partial charge in [-0.05, 0) is 61.4 Å². The Morgan fingerprint density at radius 2 is 2.06 bits per heavy atom. The zero-order valence-corrected chi connectivity index (χ0v) is 12.6. The summed E-state index contributed by atoms with van der Waals surface area (Å²) in [5, 5.41) is 11.7. The SMILES string of the molecule is CNC(C)c1nnn(-c2ccc(C)cc2Br)c1C. The Morgan fingerprint density at radius 3 is 2.67 bits per heavy atom. The van der Waals surface area contributed by atoms with E-state index in [-0.39, 0.29) is 6.04 Å². The van der Waals surface area contributed by atoms with Gasteiger partial charge >= 0.3 is 0 Å². The van der Waals surface area contributed by atoms with Crippen LogP contribution in [-0.4, -0.2) is 22.0 Å². The Hall–Kier alpha value is -1.20. The predicted octanol–water partition coefficient (Wildman–Crippen LogP) is 2.93. The average Bonchev–Trinajstić information content (AvgIpc) is 2.70. The van der Waals surface area contributed by atoms with Crippen LogP contribution in [0.5, 0.6) is 0 Å². The molecule has 0 fully saturated rings. The number of benzene rings is 1. The number of hydrogen-bond acceptors (Lipinski definition) is 3. The van der Waals surface area contributed by atoms with E-state index in [1.54, 1.807) is 0 Å². The van der Waals surface area contributed by atoms with E-state index in [0.29, 0.717) is 0 Å². The van der Waals surface area contributed by atoms with Gasteiger partial charge in [0.25, 0.3) is 0 Å². The number of nitrogens with zero attached hydrogens (tertiary/aromatic N) is 3. The molecule has 0 aliphatic rings.